The molecule has 0 amide bonds. The van der Waals surface area contributed by atoms with Crippen LogP contribution in [0.25, 0.3) is 11.1 Å². The number of benzene rings is 8. The second-order valence-electron chi connectivity index (χ2n) is 30.0. The zero-order valence-electron chi connectivity index (χ0n) is 72.5. The molecule has 0 aromatic heterocycles. The molecule has 8 rings (SSSR count). The van der Waals surface area contributed by atoms with E-state index in [-0.39, 0.29) is 132 Å². The quantitative estimate of drug-likeness (QED) is 0.0113. The molecule has 0 atom stereocenters. The molecule has 0 aliphatic heterocycles. The summed E-state index contributed by atoms with van der Waals surface area (Å²) in [4.78, 5) is 106. The van der Waals surface area contributed by atoms with E-state index in [0.717, 1.165) is 115 Å². The molecule has 656 valence electrons. The van der Waals surface area contributed by atoms with Crippen LogP contribution in [0.15, 0.2) is 220 Å². The average Bonchev–Trinajstić information content (AvgIpc) is 0.759. The van der Waals surface area contributed by atoms with Crippen molar-refractivity contribution in [3.8, 4) is 57.5 Å². The highest BCUT2D eigenvalue weighted by molar-refractivity contribution is 6.06. The van der Waals surface area contributed by atoms with E-state index in [0.29, 0.717) is 121 Å². The van der Waals surface area contributed by atoms with Crippen LogP contribution in [-0.4, -0.2) is 100 Å². The third-order valence-corrected chi connectivity index (χ3v) is 20.2. The van der Waals surface area contributed by atoms with Gasteiger partial charge in [0, 0.05) is 25.0 Å². The Morgan fingerprint density at radius 2 is 0.468 bits per heavy atom. The van der Waals surface area contributed by atoms with Crippen molar-refractivity contribution in [1.82, 2.24) is 0 Å². The van der Waals surface area contributed by atoms with Crippen molar-refractivity contribution in [2.45, 2.75) is 195 Å². The summed E-state index contributed by atoms with van der Waals surface area (Å²) in [5.41, 5.74) is 5.36. The van der Waals surface area contributed by atoms with Gasteiger partial charge in [0.25, 0.3) is 0 Å². The van der Waals surface area contributed by atoms with Crippen LogP contribution in [0.5, 0.6) is 57.5 Å². The molecule has 20 heteroatoms. The molecule has 0 heterocycles. The van der Waals surface area contributed by atoms with Gasteiger partial charge in [-0.2, -0.15) is 0 Å². The van der Waals surface area contributed by atoms with Gasteiger partial charge in [-0.05, 0) is 229 Å². The van der Waals surface area contributed by atoms with E-state index in [2.05, 4.69) is 54.0 Å². The molecular weight excluding hydrogens is 1570 g/mol. The largest absolute Gasteiger partial charge is 0.494 e. The lowest BCUT2D eigenvalue weighted by Gasteiger charge is -2.23. The highest BCUT2D eigenvalue weighted by Gasteiger charge is 2.27. The number of allylic oxidation sites excluding steroid dienone is 2. The summed E-state index contributed by atoms with van der Waals surface area (Å²) in [6.07, 6.45) is 25.6. The maximum atomic E-state index is 14.6. The number of ether oxygens (including phenoxy) is 12. The molecule has 0 N–H and O–H groups in total. The van der Waals surface area contributed by atoms with E-state index in [4.69, 9.17) is 56.8 Å². The van der Waals surface area contributed by atoms with Crippen molar-refractivity contribution in [3.63, 3.8) is 0 Å². The average molecular weight is 1690 g/mol. The van der Waals surface area contributed by atoms with Crippen LogP contribution in [-0.2, 0) is 41.5 Å². The lowest BCUT2D eigenvalue weighted by Crippen LogP contribution is -2.12. The molecule has 124 heavy (non-hydrogen) atoms. The van der Waals surface area contributed by atoms with Gasteiger partial charge in [-0.15, -0.1) is 0 Å². The Kier molecular flexibility index (Phi) is 42.8. The van der Waals surface area contributed by atoms with Crippen molar-refractivity contribution >= 4 is 58.5 Å². The predicted octanol–water partition coefficient (Wildman–Crippen LogP) is 23.3. The summed E-state index contributed by atoms with van der Waals surface area (Å²) in [6, 6.07) is 47.7. The highest BCUT2D eigenvalue weighted by Crippen LogP contribution is 2.46. The van der Waals surface area contributed by atoms with Gasteiger partial charge in [0.1, 0.15) is 11.5 Å². The van der Waals surface area contributed by atoms with Crippen LogP contribution in [0.4, 0.5) is 0 Å². The van der Waals surface area contributed by atoms with Crippen molar-refractivity contribution < 1.29 is 95.2 Å². The molecular formula is C104H120O20. The van der Waals surface area contributed by atoms with Crippen LogP contribution >= 0.6 is 0 Å². The Morgan fingerprint density at radius 1 is 0.242 bits per heavy atom. The lowest BCUT2D eigenvalue weighted by molar-refractivity contribution is -0.138. The molecule has 0 bridgehead atoms. The highest BCUT2D eigenvalue weighted by atomic mass is 16.6. The van der Waals surface area contributed by atoms with E-state index in [9.17, 15) is 38.4 Å². The van der Waals surface area contributed by atoms with Crippen molar-refractivity contribution in [2.75, 3.05) is 52.9 Å². The summed E-state index contributed by atoms with van der Waals surface area (Å²) in [5, 5.41) is 0. The first kappa shape index (κ1) is 96.9. The number of unbranched alkanes of at least 4 members (excludes halogenated alkanes) is 18. The van der Waals surface area contributed by atoms with Gasteiger partial charge in [0.05, 0.1) is 75.1 Å². The van der Waals surface area contributed by atoms with Crippen LogP contribution in [0.3, 0.4) is 0 Å². The molecule has 0 radical (unpaired) electrons. The fourth-order valence-electron chi connectivity index (χ4n) is 13.2. The predicted molar refractivity (Wildman–Crippen MR) is 483 cm³/mol. The van der Waals surface area contributed by atoms with Crippen molar-refractivity contribution in [2.24, 2.45) is 0 Å². The third kappa shape index (κ3) is 33.0. The first-order chi connectivity index (χ1) is 60.5. The molecule has 8 aromatic rings. The zero-order chi connectivity index (χ0) is 88.5. The topological polar surface area (TPSA) is 247 Å². The second kappa shape index (κ2) is 54.7. The Balaban J connectivity index is 1.38. The third-order valence-electron chi connectivity index (χ3n) is 20.2. The molecule has 0 spiro atoms. The fraction of sp³-hybridized carbons (Fsp3) is 0.365. The number of esters is 6. The minimum Gasteiger partial charge on any atom is -0.494 e. The minimum absolute atomic E-state index is 0.102. The monoisotopic (exact) mass is 1690 g/mol. The van der Waals surface area contributed by atoms with Crippen LogP contribution in [0, 0.1) is 0 Å². The van der Waals surface area contributed by atoms with Gasteiger partial charge in [0.2, 0.25) is 0 Å². The molecule has 0 aliphatic carbocycles. The van der Waals surface area contributed by atoms with Crippen LogP contribution in [0.2, 0.25) is 0 Å². The summed E-state index contributed by atoms with van der Waals surface area (Å²) in [6.45, 7) is 24.8. The van der Waals surface area contributed by atoms with Crippen LogP contribution in [0.1, 0.15) is 257 Å². The van der Waals surface area contributed by atoms with E-state index < -0.39 is 35.8 Å². The number of carbonyl (C=O) groups excluding carboxylic acids is 8. The Bertz CT molecular complexity index is 4520. The van der Waals surface area contributed by atoms with Crippen molar-refractivity contribution in [1.29, 1.82) is 0 Å². The summed E-state index contributed by atoms with van der Waals surface area (Å²) in [5.74, 6) is -1.72. The summed E-state index contributed by atoms with van der Waals surface area (Å²) >= 11 is 0. The number of hydrogen-bond acceptors (Lipinski definition) is 20. The lowest BCUT2D eigenvalue weighted by atomic mass is 9.85. The van der Waals surface area contributed by atoms with Gasteiger partial charge in [-0.3, -0.25) is 9.59 Å². The summed E-state index contributed by atoms with van der Waals surface area (Å²) < 4.78 is 75.1. The molecule has 0 unspecified atom stereocenters. The van der Waals surface area contributed by atoms with Gasteiger partial charge < -0.3 is 56.8 Å². The number of hydrogen-bond donors (Lipinski definition) is 0. The molecule has 0 fully saturated rings. The summed E-state index contributed by atoms with van der Waals surface area (Å²) in [7, 11) is 0. The molecule has 0 aliphatic rings. The van der Waals surface area contributed by atoms with Gasteiger partial charge in [0.15, 0.2) is 57.6 Å². The van der Waals surface area contributed by atoms with E-state index in [1.165, 1.54) is 12.2 Å². The SMILES string of the molecule is C=CC(=O)Cc1ccc(C(=O)Oc2ccc(/C(=C(\c3ccc(OC(=O)c4ccc(CC(=O)C=C)cc4)c(OCCCCCCC)c3)c3ccc(OC(=O)c4ccc(OCCCCOC(=O)C=C)cc4)c(OCCCCCCC)c3)c3ccc(OC(=O)c4ccc(OCCCCOC(=O)C=C)cc4)c(OCCCCCCC)c3)cc2OCCCCCCC)cc1. The Morgan fingerprint density at radius 3 is 0.718 bits per heavy atom. The smallest absolute Gasteiger partial charge is 0.343 e. The number of carbonyl (C=O) groups is 8. The van der Waals surface area contributed by atoms with Gasteiger partial charge >= 0.3 is 35.8 Å². The fourth-order valence-corrected chi connectivity index (χ4v) is 13.2. The Labute approximate surface area is 730 Å². The standard InChI is InChI=1S/C104H120O20/c1-9-17-21-25-29-63-115-93-71-81(49-57-89(93)121-101(109)77-41-37-75(38-42-77)69-85(105)13-5)99(83-51-59-91(95(73-83)117-65-31-27-23-19-11-3)123-103(111)79-45-53-87(54-46-79)113-61-33-35-67-119-97(107)15-7)100(82-50-58-90(94(72-82)116-64-30-26-22-18-10-2)122-102(110)78-43-39-76(40-44-78)70-86(106)14-6)84-52-60-92(96(74-84)118-66-32-28-24-20-12-4)124-104(112)80-47-55-88(56-48-80)114-62-34-36-68-120-98(108)16-8/h13-16,37-60,71-74H,5-12,17-36,61-70H2,1-4H3/b100-99-. The number of ketones is 2. The van der Waals surface area contributed by atoms with Crippen LogP contribution < -0.4 is 47.4 Å². The zero-order valence-corrected chi connectivity index (χ0v) is 72.5. The van der Waals surface area contributed by atoms with Gasteiger partial charge in [-0.1, -0.05) is 205 Å². The normalized spacial score (nSPS) is 11.1. The first-order valence-electron chi connectivity index (χ1n) is 43.7. The molecule has 20 nitrogen and oxygen atoms in total. The first-order valence-corrected chi connectivity index (χ1v) is 43.7. The van der Waals surface area contributed by atoms with Crippen molar-refractivity contribution in [3.05, 3.63) is 276 Å². The maximum Gasteiger partial charge on any atom is 0.343 e. The number of rotatable bonds is 60. The molecule has 0 saturated carbocycles. The maximum absolute atomic E-state index is 14.6. The second-order valence-corrected chi connectivity index (χ2v) is 30.0. The Hall–Kier alpha value is -12.6. The van der Waals surface area contributed by atoms with E-state index >= 15 is 0 Å². The molecule has 0 saturated heterocycles. The van der Waals surface area contributed by atoms with Gasteiger partial charge in [-0.25, -0.2) is 28.8 Å². The van der Waals surface area contributed by atoms with E-state index in [1.807, 2.05) is 48.5 Å². The molecule has 8 aromatic carbocycles. The van der Waals surface area contributed by atoms with E-state index in [1.54, 1.807) is 121 Å². The minimum atomic E-state index is -0.684.